The number of rotatable bonds is 2. The maximum atomic E-state index is 12.4. The number of hydrogen-bond acceptors (Lipinski definition) is 3. The highest BCUT2D eigenvalue weighted by atomic mass is 16.2. The van der Waals surface area contributed by atoms with Crippen molar-refractivity contribution in [2.24, 2.45) is 11.7 Å². The van der Waals surface area contributed by atoms with Crippen molar-refractivity contribution in [1.29, 1.82) is 0 Å². The smallest absolute Gasteiger partial charge is 0.239 e. The Morgan fingerprint density at radius 2 is 2.06 bits per heavy atom. The second-order valence-corrected chi connectivity index (χ2v) is 5.64. The van der Waals surface area contributed by atoms with Crippen molar-refractivity contribution in [2.45, 2.75) is 57.7 Å². The van der Waals surface area contributed by atoms with Crippen LogP contribution in [0.25, 0.3) is 0 Å². The molecule has 4 atom stereocenters. The van der Waals surface area contributed by atoms with Crippen LogP contribution < -0.4 is 11.1 Å². The molecular weight excluding hydrogens is 230 g/mol. The molecule has 18 heavy (non-hydrogen) atoms. The van der Waals surface area contributed by atoms with Crippen molar-refractivity contribution in [1.82, 2.24) is 10.2 Å². The predicted molar refractivity (Wildman–Crippen MR) is 68.7 cm³/mol. The summed E-state index contributed by atoms with van der Waals surface area (Å²) in [5, 5.41) is 3.01. The molecular formula is C13H23N3O2. The van der Waals surface area contributed by atoms with Crippen molar-refractivity contribution < 1.29 is 9.59 Å². The monoisotopic (exact) mass is 253 g/mol. The number of carbonyl (C=O) groups is 2. The van der Waals surface area contributed by atoms with Crippen LogP contribution in [0.5, 0.6) is 0 Å². The van der Waals surface area contributed by atoms with Crippen LogP contribution in [0.2, 0.25) is 0 Å². The van der Waals surface area contributed by atoms with Gasteiger partial charge in [-0.2, -0.15) is 0 Å². The molecule has 0 spiro atoms. The largest absolute Gasteiger partial charge is 0.350 e. The summed E-state index contributed by atoms with van der Waals surface area (Å²) in [6.45, 7) is 3.87. The van der Waals surface area contributed by atoms with E-state index in [1.165, 1.54) is 0 Å². The second kappa shape index (κ2) is 5.26. The Kier molecular flexibility index (Phi) is 3.90. The van der Waals surface area contributed by atoms with Gasteiger partial charge >= 0.3 is 0 Å². The molecule has 102 valence electrons. The zero-order valence-electron chi connectivity index (χ0n) is 11.2. The number of nitrogens with two attached hydrogens (primary N) is 1. The number of carbonyl (C=O) groups excluding carboxylic acids is 2. The van der Waals surface area contributed by atoms with Crippen molar-refractivity contribution >= 4 is 11.8 Å². The van der Waals surface area contributed by atoms with Crippen LogP contribution in [0, 0.1) is 5.92 Å². The highest BCUT2D eigenvalue weighted by Gasteiger charge is 2.40. The van der Waals surface area contributed by atoms with Gasteiger partial charge in [-0.15, -0.1) is 0 Å². The molecule has 1 heterocycles. The summed E-state index contributed by atoms with van der Waals surface area (Å²) in [4.78, 5) is 25.9. The highest BCUT2D eigenvalue weighted by Crippen LogP contribution is 2.27. The minimum Gasteiger partial charge on any atom is -0.350 e. The highest BCUT2D eigenvalue weighted by molar-refractivity contribution is 5.88. The quantitative estimate of drug-likeness (QED) is 0.740. The van der Waals surface area contributed by atoms with Crippen molar-refractivity contribution in [3.8, 4) is 0 Å². The lowest BCUT2D eigenvalue weighted by Gasteiger charge is -2.45. The first kappa shape index (κ1) is 13.3. The predicted octanol–water partition coefficient (Wildman–Crippen LogP) is 0.239. The summed E-state index contributed by atoms with van der Waals surface area (Å²) < 4.78 is 0. The molecule has 3 N–H and O–H groups in total. The summed E-state index contributed by atoms with van der Waals surface area (Å²) in [6.07, 6.45) is 4.23. The first-order valence-electron chi connectivity index (χ1n) is 6.86. The second-order valence-electron chi connectivity index (χ2n) is 5.64. The average Bonchev–Trinajstić information content (AvgIpc) is 2.35. The lowest BCUT2D eigenvalue weighted by Crippen LogP contribution is -2.64. The lowest BCUT2D eigenvalue weighted by atomic mass is 9.86. The van der Waals surface area contributed by atoms with E-state index in [1.807, 2.05) is 13.8 Å². The number of hydrogen-bond donors (Lipinski definition) is 2. The maximum absolute atomic E-state index is 12.4. The van der Waals surface area contributed by atoms with E-state index in [0.717, 1.165) is 25.7 Å². The zero-order valence-corrected chi connectivity index (χ0v) is 11.2. The lowest BCUT2D eigenvalue weighted by molar-refractivity contribution is -0.147. The number of piperazine rings is 1. The van der Waals surface area contributed by atoms with Crippen LogP contribution in [0.4, 0.5) is 0 Å². The third-order valence-electron chi connectivity index (χ3n) is 4.25. The molecule has 0 radical (unpaired) electrons. The van der Waals surface area contributed by atoms with E-state index >= 15 is 0 Å². The minimum absolute atomic E-state index is 0.0248. The molecule has 1 saturated carbocycles. The third-order valence-corrected chi connectivity index (χ3v) is 4.25. The molecule has 5 nitrogen and oxygen atoms in total. The molecule has 1 aliphatic carbocycles. The van der Waals surface area contributed by atoms with Gasteiger partial charge in [-0.3, -0.25) is 9.59 Å². The van der Waals surface area contributed by atoms with Crippen molar-refractivity contribution in [3.63, 3.8) is 0 Å². The van der Waals surface area contributed by atoms with Crippen LogP contribution in [0.3, 0.4) is 0 Å². The van der Waals surface area contributed by atoms with Crippen LogP contribution in [0.1, 0.15) is 39.5 Å². The van der Waals surface area contributed by atoms with E-state index in [4.69, 9.17) is 5.73 Å². The van der Waals surface area contributed by atoms with Gasteiger partial charge < -0.3 is 16.0 Å². The third kappa shape index (κ3) is 2.51. The van der Waals surface area contributed by atoms with E-state index < -0.39 is 0 Å². The molecule has 5 heteroatoms. The molecule has 2 aliphatic rings. The SMILES string of the molecule is CC(N)C(C)C(=O)N1CC(=O)NC2CCCCC21. The topological polar surface area (TPSA) is 75.4 Å². The first-order chi connectivity index (χ1) is 8.50. The van der Waals surface area contributed by atoms with Gasteiger partial charge in [-0.1, -0.05) is 19.8 Å². The Morgan fingerprint density at radius 3 is 2.72 bits per heavy atom. The summed E-state index contributed by atoms with van der Waals surface area (Å²) in [5.74, 6) is -0.237. The molecule has 1 aliphatic heterocycles. The molecule has 2 amide bonds. The van der Waals surface area contributed by atoms with Gasteiger partial charge in [0, 0.05) is 12.1 Å². The zero-order chi connectivity index (χ0) is 13.3. The minimum atomic E-state index is -0.224. The standard InChI is InChI=1S/C13H23N3O2/c1-8(9(2)14)13(18)16-7-12(17)15-10-5-3-4-6-11(10)16/h8-11H,3-7,14H2,1-2H3,(H,15,17). The van der Waals surface area contributed by atoms with Gasteiger partial charge in [-0.25, -0.2) is 0 Å². The van der Waals surface area contributed by atoms with Crippen LogP contribution in [-0.4, -0.2) is 41.4 Å². The molecule has 0 aromatic heterocycles. The fourth-order valence-corrected chi connectivity index (χ4v) is 2.90. The average molecular weight is 253 g/mol. The Hall–Kier alpha value is -1.10. The van der Waals surface area contributed by atoms with Crippen LogP contribution in [-0.2, 0) is 9.59 Å². The molecule has 2 rings (SSSR count). The summed E-state index contributed by atoms with van der Waals surface area (Å²) in [6, 6.07) is 0.138. The van der Waals surface area contributed by atoms with E-state index in [9.17, 15) is 9.59 Å². The van der Waals surface area contributed by atoms with Crippen molar-refractivity contribution in [3.05, 3.63) is 0 Å². The van der Waals surface area contributed by atoms with E-state index in [-0.39, 0.29) is 42.4 Å². The normalized spacial score (nSPS) is 31.3. The van der Waals surface area contributed by atoms with Crippen LogP contribution >= 0.6 is 0 Å². The van der Waals surface area contributed by atoms with Gasteiger partial charge in [-0.05, 0) is 19.8 Å². The molecule has 0 aromatic carbocycles. The van der Waals surface area contributed by atoms with Gasteiger partial charge in [0.1, 0.15) is 0 Å². The van der Waals surface area contributed by atoms with Gasteiger partial charge in [0.15, 0.2) is 0 Å². The summed E-state index contributed by atoms with van der Waals surface area (Å²) >= 11 is 0. The Balaban J connectivity index is 2.13. The summed E-state index contributed by atoms with van der Waals surface area (Å²) in [5.41, 5.74) is 5.80. The number of nitrogens with one attached hydrogen (secondary N) is 1. The maximum Gasteiger partial charge on any atom is 0.239 e. The molecule has 1 saturated heterocycles. The first-order valence-corrected chi connectivity index (χ1v) is 6.86. The molecule has 0 bridgehead atoms. The van der Waals surface area contributed by atoms with Gasteiger partial charge in [0.05, 0.1) is 18.5 Å². The number of nitrogens with zero attached hydrogens (tertiary/aromatic N) is 1. The van der Waals surface area contributed by atoms with Gasteiger partial charge in [0.25, 0.3) is 0 Å². The van der Waals surface area contributed by atoms with Gasteiger partial charge in [0.2, 0.25) is 11.8 Å². The number of amides is 2. The van der Waals surface area contributed by atoms with E-state index in [1.54, 1.807) is 4.90 Å². The van der Waals surface area contributed by atoms with E-state index in [0.29, 0.717) is 0 Å². The molecule has 4 unspecified atom stereocenters. The Bertz CT molecular complexity index is 343. The van der Waals surface area contributed by atoms with Crippen molar-refractivity contribution in [2.75, 3.05) is 6.54 Å². The Morgan fingerprint density at radius 1 is 1.39 bits per heavy atom. The van der Waals surface area contributed by atoms with E-state index in [2.05, 4.69) is 5.32 Å². The Labute approximate surface area is 108 Å². The molecule has 0 aromatic rings. The fraction of sp³-hybridized carbons (Fsp3) is 0.846. The van der Waals surface area contributed by atoms with Crippen LogP contribution in [0.15, 0.2) is 0 Å². The molecule has 2 fully saturated rings. The summed E-state index contributed by atoms with van der Waals surface area (Å²) in [7, 11) is 0. The fourth-order valence-electron chi connectivity index (χ4n) is 2.90. The number of fused-ring (bicyclic) bond motifs is 1.